The van der Waals surface area contributed by atoms with Crippen molar-refractivity contribution in [3.63, 3.8) is 0 Å². The summed E-state index contributed by atoms with van der Waals surface area (Å²) in [6.07, 6.45) is 9.99. The van der Waals surface area contributed by atoms with E-state index in [-0.39, 0.29) is 0 Å². The van der Waals surface area contributed by atoms with Gasteiger partial charge in [0.15, 0.2) is 0 Å². The molecule has 0 fully saturated rings. The molecule has 0 saturated carbocycles. The van der Waals surface area contributed by atoms with Crippen molar-refractivity contribution >= 4 is 55.2 Å². The Labute approximate surface area is 216 Å². The van der Waals surface area contributed by atoms with Crippen molar-refractivity contribution in [2.24, 2.45) is 0 Å². The molecule has 2 nitrogen and oxygen atoms in total. The molecule has 0 amide bonds. The zero-order valence-corrected chi connectivity index (χ0v) is 20.6. The Hall–Kier alpha value is -4.82. The van der Waals surface area contributed by atoms with Gasteiger partial charge in [0.1, 0.15) is 11.2 Å². The van der Waals surface area contributed by atoms with Crippen LogP contribution in [0.2, 0.25) is 0 Å². The summed E-state index contributed by atoms with van der Waals surface area (Å²) in [5.74, 6) is 0. The van der Waals surface area contributed by atoms with E-state index >= 15 is 0 Å². The molecule has 37 heavy (non-hydrogen) atoms. The molecular formula is C35H27NO. The van der Waals surface area contributed by atoms with Crippen molar-refractivity contribution in [2.75, 3.05) is 11.4 Å². The summed E-state index contributed by atoms with van der Waals surface area (Å²) in [4.78, 5) is 2.28. The molecule has 2 heteroatoms. The van der Waals surface area contributed by atoms with Gasteiger partial charge in [0.05, 0.1) is 0 Å². The van der Waals surface area contributed by atoms with E-state index in [4.69, 9.17) is 4.42 Å². The summed E-state index contributed by atoms with van der Waals surface area (Å²) in [5.41, 5.74) is 4.98. The third-order valence-electron chi connectivity index (χ3n) is 6.81. The molecule has 0 saturated heterocycles. The minimum absolute atomic E-state index is 0.655. The molecule has 1 heterocycles. The van der Waals surface area contributed by atoms with Crippen LogP contribution in [0.5, 0.6) is 0 Å². The summed E-state index contributed by atoms with van der Waals surface area (Å²) in [6.45, 7) is 8.61. The number of fused-ring (bicyclic) bond motifs is 6. The van der Waals surface area contributed by atoms with Gasteiger partial charge in [-0.05, 0) is 35.1 Å². The highest BCUT2D eigenvalue weighted by Crippen LogP contribution is 2.37. The second-order valence-electron chi connectivity index (χ2n) is 9.05. The van der Waals surface area contributed by atoms with Crippen molar-refractivity contribution in [2.45, 2.75) is 0 Å². The quantitative estimate of drug-likeness (QED) is 0.168. The van der Waals surface area contributed by atoms with Crippen molar-refractivity contribution < 1.29 is 4.42 Å². The molecule has 0 N–H and O–H groups in total. The fourth-order valence-electron chi connectivity index (χ4n) is 5.12. The maximum Gasteiger partial charge on any atom is 0.143 e. The number of rotatable bonds is 7. The van der Waals surface area contributed by atoms with Crippen LogP contribution in [0.3, 0.4) is 0 Å². The molecule has 0 atom stereocenters. The lowest BCUT2D eigenvalue weighted by Gasteiger charge is -2.26. The number of anilines is 1. The molecule has 0 aliphatic rings. The Morgan fingerprint density at radius 1 is 0.676 bits per heavy atom. The highest BCUT2D eigenvalue weighted by atomic mass is 16.3. The van der Waals surface area contributed by atoms with Gasteiger partial charge < -0.3 is 9.32 Å². The van der Waals surface area contributed by atoms with E-state index in [1.165, 1.54) is 16.2 Å². The Morgan fingerprint density at radius 3 is 2.16 bits per heavy atom. The zero-order chi connectivity index (χ0) is 25.2. The van der Waals surface area contributed by atoms with E-state index in [0.717, 1.165) is 44.3 Å². The minimum Gasteiger partial charge on any atom is -0.455 e. The topological polar surface area (TPSA) is 16.4 Å². The van der Waals surface area contributed by atoms with Gasteiger partial charge in [-0.1, -0.05) is 110 Å². The van der Waals surface area contributed by atoms with Crippen molar-refractivity contribution in [3.05, 3.63) is 146 Å². The van der Waals surface area contributed by atoms with E-state index in [2.05, 4.69) is 127 Å². The molecule has 5 aromatic carbocycles. The lowest BCUT2D eigenvalue weighted by atomic mass is 10.0. The van der Waals surface area contributed by atoms with E-state index in [9.17, 15) is 0 Å². The molecule has 178 valence electrons. The summed E-state index contributed by atoms with van der Waals surface area (Å²) < 4.78 is 6.59. The zero-order valence-electron chi connectivity index (χ0n) is 20.6. The van der Waals surface area contributed by atoms with Crippen LogP contribution in [0.1, 0.15) is 5.56 Å². The summed E-state index contributed by atoms with van der Waals surface area (Å²) >= 11 is 0. The van der Waals surface area contributed by atoms with Crippen LogP contribution in [-0.4, -0.2) is 6.54 Å². The van der Waals surface area contributed by atoms with Gasteiger partial charge in [-0.2, -0.15) is 0 Å². The molecule has 0 spiro atoms. The SMILES string of the molecule is C=C/C=C\C(=C\c1cccc2c1oc1c3ccccc3ccc21)N(CC=C)c1cccc2ccccc12. The van der Waals surface area contributed by atoms with Gasteiger partial charge >= 0.3 is 0 Å². The van der Waals surface area contributed by atoms with Gasteiger partial charge in [0.2, 0.25) is 0 Å². The van der Waals surface area contributed by atoms with Crippen LogP contribution in [0, 0.1) is 0 Å². The first kappa shape index (κ1) is 22.6. The molecule has 6 aromatic rings. The number of furan rings is 1. The molecule has 0 radical (unpaired) electrons. The first-order valence-electron chi connectivity index (χ1n) is 12.5. The smallest absolute Gasteiger partial charge is 0.143 e. The lowest BCUT2D eigenvalue weighted by Crippen LogP contribution is -2.21. The molecule has 6 rings (SSSR count). The number of allylic oxidation sites excluding steroid dienone is 3. The fraction of sp³-hybridized carbons (Fsp3) is 0.0286. The van der Waals surface area contributed by atoms with Gasteiger partial charge in [0, 0.05) is 45.0 Å². The average molecular weight is 478 g/mol. The Bertz CT molecular complexity index is 1840. The predicted molar refractivity (Wildman–Crippen MR) is 160 cm³/mol. The van der Waals surface area contributed by atoms with E-state index < -0.39 is 0 Å². The van der Waals surface area contributed by atoms with Gasteiger partial charge in [-0.3, -0.25) is 0 Å². The Balaban J connectivity index is 1.59. The second-order valence-corrected chi connectivity index (χ2v) is 9.05. The van der Waals surface area contributed by atoms with Crippen LogP contribution in [0.15, 0.2) is 145 Å². The van der Waals surface area contributed by atoms with Crippen LogP contribution < -0.4 is 4.90 Å². The fourth-order valence-corrected chi connectivity index (χ4v) is 5.12. The standard InChI is InChI=1S/C35H27NO/c1-3-5-16-28(36(23-4-2)33-20-11-14-25-12-6-8-17-29(25)33)24-27-15-10-19-31-32-22-21-26-13-7-9-18-30(26)35(32)37-34(27)31/h3-22,24H,1-2,23H2/b16-5-,28-24-. The van der Waals surface area contributed by atoms with E-state index in [0.29, 0.717) is 6.54 Å². The number of nitrogens with zero attached hydrogens (tertiary/aromatic N) is 1. The molecule has 0 unspecified atom stereocenters. The van der Waals surface area contributed by atoms with Gasteiger partial charge in [-0.15, -0.1) is 6.58 Å². The average Bonchev–Trinajstić information content (AvgIpc) is 3.34. The molecule has 0 bridgehead atoms. The molecule has 1 aromatic heterocycles. The monoisotopic (exact) mass is 477 g/mol. The predicted octanol–water partition coefficient (Wildman–Crippen LogP) is 9.67. The van der Waals surface area contributed by atoms with Crippen LogP contribution in [0.4, 0.5) is 5.69 Å². The van der Waals surface area contributed by atoms with Crippen molar-refractivity contribution in [3.8, 4) is 0 Å². The molecule has 0 aliphatic heterocycles. The number of hydrogen-bond acceptors (Lipinski definition) is 2. The lowest BCUT2D eigenvalue weighted by molar-refractivity contribution is 0.671. The summed E-state index contributed by atoms with van der Waals surface area (Å²) in [6, 6.07) is 33.9. The highest BCUT2D eigenvalue weighted by Gasteiger charge is 2.15. The van der Waals surface area contributed by atoms with Crippen LogP contribution in [-0.2, 0) is 0 Å². The van der Waals surface area contributed by atoms with Gasteiger partial charge in [0.25, 0.3) is 0 Å². The normalized spacial score (nSPS) is 12.2. The van der Waals surface area contributed by atoms with Crippen molar-refractivity contribution in [1.82, 2.24) is 0 Å². The number of para-hydroxylation sites is 1. The van der Waals surface area contributed by atoms with Crippen LogP contribution >= 0.6 is 0 Å². The largest absolute Gasteiger partial charge is 0.455 e. The second kappa shape index (κ2) is 9.67. The first-order chi connectivity index (χ1) is 18.3. The van der Waals surface area contributed by atoms with Crippen LogP contribution in [0.25, 0.3) is 49.6 Å². The summed E-state index contributed by atoms with van der Waals surface area (Å²) in [5, 5.41) is 6.94. The third-order valence-corrected chi connectivity index (χ3v) is 6.81. The molecule has 0 aliphatic carbocycles. The number of hydrogen-bond donors (Lipinski definition) is 0. The highest BCUT2D eigenvalue weighted by molar-refractivity contribution is 6.16. The summed E-state index contributed by atoms with van der Waals surface area (Å²) in [7, 11) is 0. The maximum atomic E-state index is 6.59. The maximum absolute atomic E-state index is 6.59. The third kappa shape index (κ3) is 4.03. The Morgan fingerprint density at radius 2 is 1.35 bits per heavy atom. The first-order valence-corrected chi connectivity index (χ1v) is 12.5. The Kier molecular flexibility index (Phi) is 5.92. The van der Waals surface area contributed by atoms with Gasteiger partial charge in [-0.25, -0.2) is 0 Å². The molecular weight excluding hydrogens is 450 g/mol. The van der Waals surface area contributed by atoms with Crippen molar-refractivity contribution in [1.29, 1.82) is 0 Å². The minimum atomic E-state index is 0.655. The van der Waals surface area contributed by atoms with E-state index in [1.54, 1.807) is 6.08 Å². The number of benzene rings is 5. The van der Waals surface area contributed by atoms with E-state index in [1.807, 2.05) is 12.2 Å².